The van der Waals surface area contributed by atoms with E-state index in [2.05, 4.69) is 15.3 Å². The van der Waals surface area contributed by atoms with Crippen LogP contribution in [-0.2, 0) is 0 Å². The van der Waals surface area contributed by atoms with Crippen LogP contribution in [0.25, 0.3) is 0 Å². The van der Waals surface area contributed by atoms with Gasteiger partial charge >= 0.3 is 0 Å². The van der Waals surface area contributed by atoms with Gasteiger partial charge in [0.25, 0.3) is 5.91 Å². The zero-order chi connectivity index (χ0) is 13.8. The minimum atomic E-state index is -0.421. The van der Waals surface area contributed by atoms with Crippen molar-refractivity contribution in [1.29, 1.82) is 0 Å². The maximum Gasteiger partial charge on any atom is 0.259 e. The molecule has 98 valence electrons. The maximum absolute atomic E-state index is 12.0. The number of benzene rings is 1. The number of ether oxygens (including phenoxy) is 1. The highest BCUT2D eigenvalue weighted by Crippen LogP contribution is 2.18. The maximum atomic E-state index is 12.0. The van der Waals surface area contributed by atoms with Crippen molar-refractivity contribution in [1.82, 2.24) is 9.97 Å². The van der Waals surface area contributed by atoms with Crippen molar-refractivity contribution in [2.75, 3.05) is 12.4 Å². The molecule has 2 rings (SSSR count). The molecular formula is C12H9Cl2N3O2. The average Bonchev–Trinajstić information content (AvgIpc) is 2.38. The van der Waals surface area contributed by atoms with Gasteiger partial charge in [-0.25, -0.2) is 4.98 Å². The Kier molecular flexibility index (Phi) is 4.19. The third-order valence-corrected chi connectivity index (χ3v) is 2.75. The molecule has 19 heavy (non-hydrogen) atoms. The number of hydrogen-bond acceptors (Lipinski definition) is 4. The molecule has 0 radical (unpaired) electrons. The van der Waals surface area contributed by atoms with Crippen LogP contribution in [0.4, 0.5) is 5.95 Å². The Morgan fingerprint density at radius 3 is 2.68 bits per heavy atom. The van der Waals surface area contributed by atoms with Crippen LogP contribution >= 0.6 is 23.2 Å². The first kappa shape index (κ1) is 13.6. The Labute approximate surface area is 119 Å². The minimum Gasteiger partial charge on any atom is -0.481 e. The quantitative estimate of drug-likeness (QED) is 0.885. The van der Waals surface area contributed by atoms with E-state index in [4.69, 9.17) is 27.9 Å². The van der Waals surface area contributed by atoms with Crippen LogP contribution in [0.3, 0.4) is 0 Å². The largest absolute Gasteiger partial charge is 0.481 e. The third kappa shape index (κ3) is 3.33. The summed E-state index contributed by atoms with van der Waals surface area (Å²) in [6.07, 6.45) is 0. The molecule has 0 saturated heterocycles. The molecule has 0 fully saturated rings. The molecule has 1 N–H and O–H groups in total. The number of rotatable bonds is 3. The Bertz CT molecular complexity index is 620. The summed E-state index contributed by atoms with van der Waals surface area (Å²) < 4.78 is 4.93. The third-order valence-electron chi connectivity index (χ3n) is 2.22. The van der Waals surface area contributed by atoms with Crippen LogP contribution in [0.1, 0.15) is 10.4 Å². The molecule has 0 atom stereocenters. The van der Waals surface area contributed by atoms with Crippen molar-refractivity contribution >= 4 is 35.1 Å². The first-order valence-corrected chi connectivity index (χ1v) is 6.00. The predicted molar refractivity (Wildman–Crippen MR) is 73.0 cm³/mol. The summed E-state index contributed by atoms with van der Waals surface area (Å²) in [6, 6.07) is 8.10. The highest BCUT2D eigenvalue weighted by molar-refractivity contribution is 6.34. The predicted octanol–water partition coefficient (Wildman–Crippen LogP) is 3.04. The SMILES string of the molecule is COc1cc(Cl)nc(NC(=O)c2ccccc2Cl)n1. The lowest BCUT2D eigenvalue weighted by molar-refractivity contribution is 0.102. The minimum absolute atomic E-state index is 0.0502. The Hall–Kier alpha value is -1.85. The number of aromatic nitrogens is 2. The lowest BCUT2D eigenvalue weighted by atomic mass is 10.2. The number of methoxy groups -OCH3 is 1. The van der Waals surface area contributed by atoms with Crippen molar-refractivity contribution in [3.05, 3.63) is 46.1 Å². The summed E-state index contributed by atoms with van der Waals surface area (Å²) in [5, 5.41) is 3.01. The molecule has 1 aromatic heterocycles. The van der Waals surface area contributed by atoms with E-state index in [-0.39, 0.29) is 17.0 Å². The fourth-order valence-corrected chi connectivity index (χ4v) is 1.77. The summed E-state index contributed by atoms with van der Waals surface area (Å²) >= 11 is 11.7. The van der Waals surface area contributed by atoms with Crippen molar-refractivity contribution in [2.24, 2.45) is 0 Å². The summed E-state index contributed by atoms with van der Waals surface area (Å²) in [5.41, 5.74) is 0.326. The first-order chi connectivity index (χ1) is 9.10. The summed E-state index contributed by atoms with van der Waals surface area (Å²) in [6.45, 7) is 0. The van der Waals surface area contributed by atoms with E-state index in [0.717, 1.165) is 0 Å². The molecule has 1 aromatic carbocycles. The van der Waals surface area contributed by atoms with Gasteiger partial charge in [-0.15, -0.1) is 0 Å². The van der Waals surface area contributed by atoms with Crippen LogP contribution in [0, 0.1) is 0 Å². The highest BCUT2D eigenvalue weighted by Gasteiger charge is 2.12. The van der Waals surface area contributed by atoms with Gasteiger partial charge < -0.3 is 4.74 Å². The molecule has 2 aromatic rings. The van der Waals surface area contributed by atoms with Crippen LogP contribution in [-0.4, -0.2) is 23.0 Å². The zero-order valence-electron chi connectivity index (χ0n) is 9.85. The molecule has 0 saturated carbocycles. The Balaban J connectivity index is 2.24. The monoisotopic (exact) mass is 297 g/mol. The van der Waals surface area contributed by atoms with Crippen molar-refractivity contribution in [3.63, 3.8) is 0 Å². The van der Waals surface area contributed by atoms with Gasteiger partial charge in [-0.3, -0.25) is 10.1 Å². The standard InChI is InChI=1S/C12H9Cl2N3O2/c1-19-10-6-9(14)15-12(16-10)17-11(18)7-4-2-3-5-8(7)13/h2-6H,1H3,(H,15,16,17,18). The normalized spacial score (nSPS) is 10.1. The van der Waals surface area contributed by atoms with Gasteiger partial charge in [-0.2, -0.15) is 4.98 Å². The second kappa shape index (κ2) is 5.86. The molecule has 0 aliphatic carbocycles. The van der Waals surface area contributed by atoms with E-state index in [1.807, 2.05) is 0 Å². The number of hydrogen-bond donors (Lipinski definition) is 1. The van der Waals surface area contributed by atoms with Crippen molar-refractivity contribution in [3.8, 4) is 5.88 Å². The van der Waals surface area contributed by atoms with Crippen molar-refractivity contribution in [2.45, 2.75) is 0 Å². The van der Waals surface area contributed by atoms with Crippen LogP contribution in [0.2, 0.25) is 10.2 Å². The number of anilines is 1. The van der Waals surface area contributed by atoms with Crippen LogP contribution in [0.15, 0.2) is 30.3 Å². The van der Waals surface area contributed by atoms with Gasteiger partial charge in [0.2, 0.25) is 11.8 Å². The molecule has 0 aliphatic heterocycles. The van der Waals surface area contributed by atoms with Crippen LogP contribution < -0.4 is 10.1 Å². The molecule has 1 heterocycles. The topological polar surface area (TPSA) is 64.1 Å². The summed E-state index contributed by atoms with van der Waals surface area (Å²) in [7, 11) is 1.44. The number of amides is 1. The number of carbonyl (C=O) groups is 1. The highest BCUT2D eigenvalue weighted by atomic mass is 35.5. The number of nitrogens with one attached hydrogen (secondary N) is 1. The molecule has 5 nitrogen and oxygen atoms in total. The number of halogens is 2. The average molecular weight is 298 g/mol. The smallest absolute Gasteiger partial charge is 0.259 e. The first-order valence-electron chi connectivity index (χ1n) is 5.24. The second-order valence-corrected chi connectivity index (χ2v) is 4.29. The molecule has 0 unspecified atom stereocenters. The lowest BCUT2D eigenvalue weighted by Gasteiger charge is -2.06. The van der Waals surface area contributed by atoms with Gasteiger partial charge in [0, 0.05) is 6.07 Å². The van der Waals surface area contributed by atoms with E-state index in [1.54, 1.807) is 24.3 Å². The second-order valence-electron chi connectivity index (χ2n) is 3.49. The molecule has 0 aliphatic rings. The van der Waals surface area contributed by atoms with E-state index in [9.17, 15) is 4.79 Å². The Morgan fingerprint density at radius 1 is 1.26 bits per heavy atom. The van der Waals surface area contributed by atoms with E-state index >= 15 is 0 Å². The van der Waals surface area contributed by atoms with E-state index in [1.165, 1.54) is 13.2 Å². The van der Waals surface area contributed by atoms with Gasteiger partial charge in [-0.05, 0) is 12.1 Å². The van der Waals surface area contributed by atoms with Gasteiger partial charge in [-0.1, -0.05) is 35.3 Å². The van der Waals surface area contributed by atoms with E-state index < -0.39 is 5.91 Å². The number of nitrogens with zero attached hydrogens (tertiary/aromatic N) is 2. The van der Waals surface area contributed by atoms with Crippen molar-refractivity contribution < 1.29 is 9.53 Å². The van der Waals surface area contributed by atoms with Gasteiger partial charge in [0.1, 0.15) is 5.15 Å². The fraction of sp³-hybridized carbons (Fsp3) is 0.0833. The molecule has 0 spiro atoms. The summed E-state index contributed by atoms with van der Waals surface area (Å²) in [4.78, 5) is 19.8. The summed E-state index contributed by atoms with van der Waals surface area (Å²) in [5.74, 6) is -0.112. The fourth-order valence-electron chi connectivity index (χ4n) is 1.37. The van der Waals surface area contributed by atoms with Crippen LogP contribution in [0.5, 0.6) is 5.88 Å². The van der Waals surface area contributed by atoms with Gasteiger partial charge in [0.15, 0.2) is 0 Å². The number of carbonyl (C=O) groups excluding carboxylic acids is 1. The lowest BCUT2D eigenvalue weighted by Crippen LogP contribution is -2.15. The molecule has 0 bridgehead atoms. The van der Waals surface area contributed by atoms with E-state index in [0.29, 0.717) is 10.6 Å². The Morgan fingerprint density at radius 2 is 2.00 bits per heavy atom. The van der Waals surface area contributed by atoms with Gasteiger partial charge in [0.05, 0.1) is 17.7 Å². The molecule has 7 heteroatoms. The molecule has 1 amide bonds. The zero-order valence-corrected chi connectivity index (χ0v) is 11.4. The molecular weight excluding hydrogens is 289 g/mol.